The number of hydrogen-bond acceptors (Lipinski definition) is 2. The van der Waals surface area contributed by atoms with E-state index in [2.05, 4.69) is 5.32 Å². The van der Waals surface area contributed by atoms with Crippen molar-refractivity contribution in [1.29, 1.82) is 0 Å². The minimum absolute atomic E-state index is 0.0118. The summed E-state index contributed by atoms with van der Waals surface area (Å²) < 4.78 is 0. The second kappa shape index (κ2) is 6.19. The van der Waals surface area contributed by atoms with Crippen LogP contribution in [0.5, 0.6) is 0 Å². The number of benzene rings is 1. The molecule has 0 heterocycles. The first-order valence-electron chi connectivity index (χ1n) is 5.20. The molecule has 2 N–H and O–H groups in total. The Labute approximate surface area is 90.1 Å². The molecule has 0 aliphatic heterocycles. The maximum absolute atomic E-state index is 11.4. The number of nitrogens with one attached hydrogen (secondary N) is 1. The highest BCUT2D eigenvalue weighted by Gasteiger charge is 2.03. The van der Waals surface area contributed by atoms with Gasteiger partial charge < -0.3 is 10.4 Å². The zero-order chi connectivity index (χ0) is 11.1. The summed E-state index contributed by atoms with van der Waals surface area (Å²) in [5.41, 5.74) is 1.93. The fraction of sp³-hybridized carbons (Fsp3) is 0.417. The average molecular weight is 207 g/mol. The van der Waals surface area contributed by atoms with Gasteiger partial charge in [0, 0.05) is 18.7 Å². The van der Waals surface area contributed by atoms with Crippen molar-refractivity contribution in [3.63, 3.8) is 0 Å². The van der Waals surface area contributed by atoms with Crippen molar-refractivity contribution in [2.45, 2.75) is 26.2 Å². The summed E-state index contributed by atoms with van der Waals surface area (Å²) >= 11 is 0. The van der Waals surface area contributed by atoms with Gasteiger partial charge >= 0.3 is 0 Å². The summed E-state index contributed by atoms with van der Waals surface area (Å²) in [7, 11) is 0. The molecule has 0 spiro atoms. The Morgan fingerprint density at radius 3 is 2.73 bits per heavy atom. The zero-order valence-electron chi connectivity index (χ0n) is 8.99. The summed E-state index contributed by atoms with van der Waals surface area (Å²) in [5, 5.41) is 11.4. The summed E-state index contributed by atoms with van der Waals surface area (Å²) in [5.74, 6) is 0.0118. The first-order chi connectivity index (χ1) is 7.24. The fourth-order valence-corrected chi connectivity index (χ4v) is 1.32. The van der Waals surface area contributed by atoms with Crippen LogP contribution in [0, 0.1) is 6.92 Å². The molecular formula is C12H17NO2. The summed E-state index contributed by atoms with van der Waals surface area (Å²) in [6.07, 6.45) is 1.88. The van der Waals surface area contributed by atoms with E-state index in [0.29, 0.717) is 12.8 Å². The first-order valence-corrected chi connectivity index (χ1v) is 5.20. The second-order valence-electron chi connectivity index (χ2n) is 3.54. The average Bonchev–Trinajstić information content (AvgIpc) is 2.22. The molecule has 15 heavy (non-hydrogen) atoms. The number of aliphatic hydroxyl groups is 1. The van der Waals surface area contributed by atoms with E-state index in [1.807, 2.05) is 31.2 Å². The monoisotopic (exact) mass is 207 g/mol. The molecule has 82 valence electrons. The van der Waals surface area contributed by atoms with Gasteiger partial charge in [0.15, 0.2) is 0 Å². The molecule has 0 radical (unpaired) electrons. The number of hydrogen-bond donors (Lipinski definition) is 2. The summed E-state index contributed by atoms with van der Waals surface area (Å²) in [6.45, 7) is 2.11. The van der Waals surface area contributed by atoms with E-state index in [1.54, 1.807) is 0 Å². The van der Waals surface area contributed by atoms with Gasteiger partial charge in [-0.05, 0) is 31.4 Å². The number of aliphatic hydroxyl groups excluding tert-OH is 1. The number of carbonyl (C=O) groups excluding carboxylic acids is 1. The van der Waals surface area contributed by atoms with Crippen LogP contribution in [0.1, 0.15) is 24.8 Å². The topological polar surface area (TPSA) is 49.3 Å². The number of anilines is 1. The highest BCUT2D eigenvalue weighted by atomic mass is 16.2. The van der Waals surface area contributed by atoms with Gasteiger partial charge in [0.05, 0.1) is 0 Å². The molecule has 3 heteroatoms. The third-order valence-electron chi connectivity index (χ3n) is 2.23. The maximum atomic E-state index is 11.4. The highest BCUT2D eigenvalue weighted by molar-refractivity contribution is 5.91. The van der Waals surface area contributed by atoms with Crippen LogP contribution < -0.4 is 5.32 Å². The van der Waals surface area contributed by atoms with Gasteiger partial charge in [-0.25, -0.2) is 0 Å². The molecule has 0 aliphatic rings. The number of rotatable bonds is 5. The lowest BCUT2D eigenvalue weighted by molar-refractivity contribution is -0.116. The minimum atomic E-state index is 0.0118. The molecule has 1 amide bonds. The second-order valence-corrected chi connectivity index (χ2v) is 3.54. The van der Waals surface area contributed by atoms with Gasteiger partial charge in [0.2, 0.25) is 5.91 Å². The van der Waals surface area contributed by atoms with Crippen LogP contribution in [0.3, 0.4) is 0 Å². The third-order valence-corrected chi connectivity index (χ3v) is 2.23. The molecule has 0 atom stereocenters. The van der Waals surface area contributed by atoms with Crippen molar-refractivity contribution in [3.8, 4) is 0 Å². The van der Waals surface area contributed by atoms with Crippen LogP contribution in [0.4, 0.5) is 5.69 Å². The number of carbonyl (C=O) groups is 1. The van der Waals surface area contributed by atoms with E-state index in [9.17, 15) is 4.79 Å². The number of para-hydroxylation sites is 1. The van der Waals surface area contributed by atoms with Gasteiger partial charge in [-0.1, -0.05) is 18.2 Å². The molecule has 0 saturated heterocycles. The molecule has 0 unspecified atom stereocenters. The molecule has 0 aliphatic carbocycles. The Hall–Kier alpha value is -1.35. The molecule has 0 fully saturated rings. The number of amides is 1. The largest absolute Gasteiger partial charge is 0.396 e. The van der Waals surface area contributed by atoms with Gasteiger partial charge in [-0.3, -0.25) is 4.79 Å². The number of aryl methyl sites for hydroxylation is 1. The van der Waals surface area contributed by atoms with Crippen molar-refractivity contribution in [2.75, 3.05) is 11.9 Å². The standard InChI is InChI=1S/C12H17NO2/c1-10-6-2-3-7-11(10)13-12(15)8-4-5-9-14/h2-3,6-7,14H,4-5,8-9H2,1H3,(H,13,15). The van der Waals surface area contributed by atoms with Gasteiger partial charge in [-0.15, -0.1) is 0 Å². The van der Waals surface area contributed by atoms with E-state index in [-0.39, 0.29) is 12.5 Å². The third kappa shape index (κ3) is 4.13. The lowest BCUT2D eigenvalue weighted by atomic mass is 10.2. The van der Waals surface area contributed by atoms with E-state index in [4.69, 9.17) is 5.11 Å². The molecule has 0 aromatic heterocycles. The van der Waals surface area contributed by atoms with Gasteiger partial charge in [0.1, 0.15) is 0 Å². The van der Waals surface area contributed by atoms with Crippen LogP contribution in [0.15, 0.2) is 24.3 Å². The quantitative estimate of drug-likeness (QED) is 0.726. The fourth-order valence-electron chi connectivity index (χ4n) is 1.32. The Morgan fingerprint density at radius 2 is 2.07 bits per heavy atom. The summed E-state index contributed by atoms with van der Waals surface area (Å²) in [6, 6.07) is 7.69. The van der Waals surface area contributed by atoms with Gasteiger partial charge in [-0.2, -0.15) is 0 Å². The SMILES string of the molecule is Cc1ccccc1NC(=O)CCCCO. The van der Waals surface area contributed by atoms with Crippen molar-refractivity contribution < 1.29 is 9.90 Å². The van der Waals surface area contributed by atoms with Crippen LogP contribution in [-0.4, -0.2) is 17.6 Å². The summed E-state index contributed by atoms with van der Waals surface area (Å²) in [4.78, 5) is 11.4. The van der Waals surface area contributed by atoms with Crippen LogP contribution in [0.25, 0.3) is 0 Å². The lowest BCUT2D eigenvalue weighted by Gasteiger charge is -2.07. The van der Waals surface area contributed by atoms with E-state index in [0.717, 1.165) is 17.7 Å². The van der Waals surface area contributed by atoms with Crippen molar-refractivity contribution in [2.24, 2.45) is 0 Å². The van der Waals surface area contributed by atoms with E-state index < -0.39 is 0 Å². The van der Waals surface area contributed by atoms with Crippen LogP contribution in [0.2, 0.25) is 0 Å². The maximum Gasteiger partial charge on any atom is 0.224 e. The Morgan fingerprint density at radius 1 is 1.33 bits per heavy atom. The predicted molar refractivity (Wildman–Crippen MR) is 60.7 cm³/mol. The smallest absolute Gasteiger partial charge is 0.224 e. The Bertz CT molecular complexity index is 323. The van der Waals surface area contributed by atoms with Crippen LogP contribution >= 0.6 is 0 Å². The molecule has 0 saturated carbocycles. The van der Waals surface area contributed by atoms with E-state index in [1.165, 1.54) is 0 Å². The number of unbranched alkanes of at least 4 members (excludes halogenated alkanes) is 1. The normalized spacial score (nSPS) is 10.0. The molecule has 3 nitrogen and oxygen atoms in total. The predicted octanol–water partition coefficient (Wildman–Crippen LogP) is 2.10. The van der Waals surface area contributed by atoms with Crippen molar-refractivity contribution >= 4 is 11.6 Å². The molecule has 1 aromatic rings. The van der Waals surface area contributed by atoms with Crippen LogP contribution in [-0.2, 0) is 4.79 Å². The van der Waals surface area contributed by atoms with Crippen molar-refractivity contribution in [1.82, 2.24) is 0 Å². The Kier molecular flexibility index (Phi) is 4.84. The Balaban J connectivity index is 2.41. The minimum Gasteiger partial charge on any atom is -0.396 e. The lowest BCUT2D eigenvalue weighted by Crippen LogP contribution is -2.12. The zero-order valence-corrected chi connectivity index (χ0v) is 8.99. The van der Waals surface area contributed by atoms with Gasteiger partial charge in [0.25, 0.3) is 0 Å². The molecule has 1 aromatic carbocycles. The first kappa shape index (κ1) is 11.7. The highest BCUT2D eigenvalue weighted by Crippen LogP contribution is 2.13. The van der Waals surface area contributed by atoms with Crippen molar-refractivity contribution in [3.05, 3.63) is 29.8 Å². The van der Waals surface area contributed by atoms with E-state index >= 15 is 0 Å². The molecule has 0 bridgehead atoms. The molecule has 1 rings (SSSR count). The molecular weight excluding hydrogens is 190 g/mol.